The van der Waals surface area contributed by atoms with Gasteiger partial charge in [0.25, 0.3) is 0 Å². The number of hydrogen-bond donors (Lipinski definition) is 0. The highest BCUT2D eigenvalue weighted by Crippen LogP contribution is 1.99. The molecule has 1 rings (SSSR count). The van der Waals surface area contributed by atoms with Crippen LogP contribution in [-0.4, -0.2) is 16.6 Å². The molecule has 3 heteroatoms. The van der Waals surface area contributed by atoms with E-state index in [9.17, 15) is 0 Å². The largest absolute Gasteiger partial charge is 0.399 e. The van der Waals surface area contributed by atoms with Crippen LogP contribution in [-0.2, 0) is 15.5 Å². The van der Waals surface area contributed by atoms with E-state index in [2.05, 4.69) is 12.1 Å². The third kappa shape index (κ3) is 3.66. The molecule has 0 bridgehead atoms. The lowest BCUT2D eigenvalue weighted by Crippen LogP contribution is -2.03. The van der Waals surface area contributed by atoms with Gasteiger partial charge < -0.3 is 8.85 Å². The Morgan fingerprint density at radius 3 is 2.58 bits per heavy atom. The van der Waals surface area contributed by atoms with Gasteiger partial charge in [0, 0.05) is 6.61 Å². The first kappa shape index (κ1) is 9.44. The smallest absolute Gasteiger partial charge is 0.304 e. The third-order valence-corrected chi connectivity index (χ3v) is 2.43. The minimum Gasteiger partial charge on any atom is -0.399 e. The Balaban J connectivity index is 2.16. The third-order valence-electron chi connectivity index (χ3n) is 1.48. The molecule has 0 aliphatic rings. The summed E-state index contributed by atoms with van der Waals surface area (Å²) in [6.45, 7) is 3.44. The van der Waals surface area contributed by atoms with Crippen molar-refractivity contribution in [3.63, 3.8) is 0 Å². The van der Waals surface area contributed by atoms with Crippen molar-refractivity contribution in [2.75, 3.05) is 6.61 Å². The second-order valence-electron chi connectivity index (χ2n) is 2.44. The maximum absolute atomic E-state index is 5.38. The van der Waals surface area contributed by atoms with Crippen LogP contribution in [0, 0.1) is 0 Å². The monoisotopic (exact) mass is 182 g/mol. The van der Waals surface area contributed by atoms with Gasteiger partial charge in [-0.25, -0.2) is 0 Å². The van der Waals surface area contributed by atoms with Gasteiger partial charge in [-0.15, -0.1) is 0 Å². The van der Waals surface area contributed by atoms with Gasteiger partial charge in [-0.2, -0.15) is 0 Å². The molecule has 66 valence electrons. The highest BCUT2D eigenvalue weighted by Gasteiger charge is 1.90. The molecular weight excluding hydrogens is 168 g/mol. The molecule has 1 aromatic rings. The first-order valence-corrected chi connectivity index (χ1v) is 5.28. The predicted molar refractivity (Wildman–Crippen MR) is 51.4 cm³/mol. The fraction of sp³-hybridized carbons (Fsp3) is 0.333. The fourth-order valence-electron chi connectivity index (χ4n) is 0.876. The lowest BCUT2D eigenvalue weighted by molar-refractivity contribution is 0.222. The highest BCUT2D eigenvalue weighted by molar-refractivity contribution is 6.17. The Bertz CT molecular complexity index is 201. The molecule has 0 saturated carbocycles. The molecule has 0 unspecified atom stereocenters. The van der Waals surface area contributed by atoms with E-state index in [1.807, 2.05) is 25.1 Å². The summed E-state index contributed by atoms with van der Waals surface area (Å²) < 4.78 is 10.5. The summed E-state index contributed by atoms with van der Waals surface area (Å²) in [5.74, 6) is 0. The predicted octanol–water partition coefficient (Wildman–Crippen LogP) is 1.24. The minimum absolute atomic E-state index is 0.688. The average molecular weight is 182 g/mol. The summed E-state index contributed by atoms with van der Waals surface area (Å²) in [5, 5.41) is 0. The Morgan fingerprint density at radius 2 is 1.92 bits per heavy atom. The van der Waals surface area contributed by atoms with E-state index < -0.39 is 10.0 Å². The zero-order valence-electron chi connectivity index (χ0n) is 7.32. The van der Waals surface area contributed by atoms with Crippen LogP contribution in [0.5, 0.6) is 0 Å². The molecule has 0 spiro atoms. The number of hydrogen-bond acceptors (Lipinski definition) is 2. The van der Waals surface area contributed by atoms with Crippen molar-refractivity contribution < 1.29 is 8.85 Å². The Kier molecular flexibility index (Phi) is 4.67. The molecule has 0 aliphatic carbocycles. The zero-order chi connectivity index (χ0) is 8.65. The molecule has 0 amide bonds. The topological polar surface area (TPSA) is 18.5 Å². The van der Waals surface area contributed by atoms with Crippen molar-refractivity contribution in [1.29, 1.82) is 0 Å². The van der Waals surface area contributed by atoms with Crippen LogP contribution in [0.25, 0.3) is 0 Å². The summed E-state index contributed by atoms with van der Waals surface area (Å²) in [6, 6.07) is 10.1. The lowest BCUT2D eigenvalue weighted by atomic mass is 10.2. The van der Waals surface area contributed by atoms with E-state index >= 15 is 0 Å². The van der Waals surface area contributed by atoms with Crippen LogP contribution in [0.1, 0.15) is 12.5 Å². The van der Waals surface area contributed by atoms with Crippen molar-refractivity contribution in [1.82, 2.24) is 0 Å². The van der Waals surface area contributed by atoms with Gasteiger partial charge in [-0.05, 0) is 12.5 Å². The molecule has 0 N–H and O–H groups in total. The summed E-state index contributed by atoms with van der Waals surface area (Å²) in [6.07, 6.45) is 0. The molecule has 2 nitrogen and oxygen atoms in total. The maximum atomic E-state index is 5.38. The molecule has 0 aliphatic heterocycles. The summed E-state index contributed by atoms with van der Waals surface area (Å²) >= 11 is 0. The molecule has 0 aromatic heterocycles. The quantitative estimate of drug-likeness (QED) is 0.504. The number of rotatable bonds is 5. The lowest BCUT2D eigenvalue weighted by Gasteiger charge is -2.02. The molecular formula is C9H14O2Si. The average Bonchev–Trinajstić information content (AvgIpc) is 2.14. The van der Waals surface area contributed by atoms with Gasteiger partial charge in [-0.3, -0.25) is 0 Å². The van der Waals surface area contributed by atoms with Gasteiger partial charge in [-0.1, -0.05) is 30.3 Å². The molecule has 0 fully saturated rings. The Morgan fingerprint density at radius 1 is 1.17 bits per heavy atom. The number of benzene rings is 1. The first-order valence-electron chi connectivity index (χ1n) is 4.13. The van der Waals surface area contributed by atoms with Gasteiger partial charge in [0.15, 0.2) is 0 Å². The van der Waals surface area contributed by atoms with Crippen LogP contribution >= 0.6 is 0 Å². The standard InChI is InChI=1S/C9H14O2Si/c1-2-10-12-11-8-9-6-4-3-5-7-9/h3-7H,2,8,12H2,1H3. The van der Waals surface area contributed by atoms with Crippen molar-refractivity contribution in [3.8, 4) is 0 Å². The van der Waals surface area contributed by atoms with Crippen molar-refractivity contribution in [2.24, 2.45) is 0 Å². The molecule has 12 heavy (non-hydrogen) atoms. The van der Waals surface area contributed by atoms with Crippen molar-refractivity contribution in [2.45, 2.75) is 13.5 Å². The molecule has 0 heterocycles. The van der Waals surface area contributed by atoms with Gasteiger partial charge in [0.2, 0.25) is 0 Å². The van der Waals surface area contributed by atoms with Crippen molar-refractivity contribution >= 4 is 10.0 Å². The van der Waals surface area contributed by atoms with Crippen LogP contribution in [0.3, 0.4) is 0 Å². The zero-order valence-corrected chi connectivity index (χ0v) is 8.74. The summed E-state index contributed by atoms with van der Waals surface area (Å²) in [5.41, 5.74) is 1.21. The molecule has 0 saturated heterocycles. The minimum atomic E-state index is -0.733. The van der Waals surface area contributed by atoms with Crippen LogP contribution in [0.2, 0.25) is 0 Å². The van der Waals surface area contributed by atoms with Gasteiger partial charge in [0.05, 0.1) is 6.61 Å². The second kappa shape index (κ2) is 5.94. The van der Waals surface area contributed by atoms with E-state index in [1.165, 1.54) is 5.56 Å². The fourth-order valence-corrected chi connectivity index (χ4v) is 1.48. The summed E-state index contributed by atoms with van der Waals surface area (Å²) in [7, 11) is -0.733. The van der Waals surface area contributed by atoms with E-state index in [4.69, 9.17) is 8.85 Å². The second-order valence-corrected chi connectivity index (χ2v) is 3.50. The Labute approximate surface area is 75.6 Å². The van der Waals surface area contributed by atoms with Gasteiger partial charge in [0.1, 0.15) is 0 Å². The van der Waals surface area contributed by atoms with Crippen molar-refractivity contribution in [3.05, 3.63) is 35.9 Å². The first-order chi connectivity index (χ1) is 5.93. The molecule has 0 radical (unpaired) electrons. The van der Waals surface area contributed by atoms with Crippen LogP contribution in [0.4, 0.5) is 0 Å². The van der Waals surface area contributed by atoms with Crippen LogP contribution < -0.4 is 0 Å². The van der Waals surface area contributed by atoms with E-state index in [0.29, 0.717) is 6.61 Å². The van der Waals surface area contributed by atoms with E-state index in [0.717, 1.165) is 6.61 Å². The molecule has 0 atom stereocenters. The normalized spacial score (nSPS) is 11.1. The van der Waals surface area contributed by atoms with Crippen LogP contribution in [0.15, 0.2) is 30.3 Å². The van der Waals surface area contributed by atoms with E-state index in [1.54, 1.807) is 0 Å². The molecule has 1 aromatic carbocycles. The maximum Gasteiger partial charge on any atom is 0.304 e. The highest BCUT2D eigenvalue weighted by atomic mass is 28.3. The van der Waals surface area contributed by atoms with Gasteiger partial charge >= 0.3 is 10.0 Å². The Hall–Kier alpha value is -0.643. The SMILES string of the molecule is CCO[SiH2]OCc1ccccc1. The van der Waals surface area contributed by atoms with E-state index in [-0.39, 0.29) is 0 Å². The summed E-state index contributed by atoms with van der Waals surface area (Å²) in [4.78, 5) is 0.